The highest BCUT2D eigenvalue weighted by atomic mass is 35.5. The molecule has 2 aromatic rings. The van der Waals surface area contributed by atoms with Gasteiger partial charge in [0.05, 0.1) is 10.6 Å². The van der Waals surface area contributed by atoms with Gasteiger partial charge in [0.2, 0.25) is 0 Å². The van der Waals surface area contributed by atoms with Gasteiger partial charge in [-0.25, -0.2) is 4.79 Å². The number of benzene rings is 2. The van der Waals surface area contributed by atoms with Crippen molar-refractivity contribution in [3.63, 3.8) is 0 Å². The lowest BCUT2D eigenvalue weighted by molar-refractivity contribution is 0.0966. The molecule has 0 unspecified atom stereocenters. The van der Waals surface area contributed by atoms with Crippen molar-refractivity contribution in [2.24, 2.45) is 0 Å². The minimum atomic E-state index is -0.637. The predicted molar refractivity (Wildman–Crippen MR) is 84.1 cm³/mol. The fourth-order valence-corrected chi connectivity index (χ4v) is 2.21. The van der Waals surface area contributed by atoms with Crippen molar-refractivity contribution in [1.82, 2.24) is 5.32 Å². The quantitative estimate of drug-likeness (QED) is 0.867. The molecule has 0 radical (unpaired) electrons. The molecule has 0 aliphatic rings. The number of imide groups is 1. The third kappa shape index (κ3) is 3.97. The molecule has 2 aromatic carbocycles. The van der Waals surface area contributed by atoms with Crippen molar-refractivity contribution in [1.29, 1.82) is 0 Å². The van der Waals surface area contributed by atoms with Gasteiger partial charge in [0.15, 0.2) is 0 Å². The molecule has 0 aliphatic heterocycles. The van der Waals surface area contributed by atoms with E-state index < -0.39 is 11.9 Å². The number of urea groups is 1. The average Bonchev–Trinajstić information content (AvgIpc) is 2.41. The van der Waals surface area contributed by atoms with Gasteiger partial charge in [-0.15, -0.1) is 0 Å². The largest absolute Gasteiger partial charge is 0.326 e. The highest BCUT2D eigenvalue weighted by Gasteiger charge is 2.15. The van der Waals surface area contributed by atoms with Crippen molar-refractivity contribution in [2.75, 3.05) is 5.32 Å². The second-order valence-electron chi connectivity index (χ2n) is 4.35. The molecule has 6 heteroatoms. The van der Waals surface area contributed by atoms with Crippen LogP contribution in [0, 0.1) is 6.92 Å². The first-order valence-corrected chi connectivity index (χ1v) is 6.86. The molecule has 2 N–H and O–H groups in total. The molecule has 0 spiro atoms. The van der Waals surface area contributed by atoms with E-state index in [2.05, 4.69) is 10.6 Å². The predicted octanol–water partition coefficient (Wildman–Crippen LogP) is 4.26. The Hall–Kier alpha value is -2.04. The Morgan fingerprint density at radius 3 is 2.29 bits per heavy atom. The topological polar surface area (TPSA) is 58.2 Å². The Kier molecular flexibility index (Phi) is 4.83. The van der Waals surface area contributed by atoms with Gasteiger partial charge in [0, 0.05) is 10.7 Å². The van der Waals surface area contributed by atoms with Crippen LogP contribution in [0.15, 0.2) is 42.5 Å². The third-order valence-corrected chi connectivity index (χ3v) is 3.35. The van der Waals surface area contributed by atoms with E-state index in [0.717, 1.165) is 0 Å². The summed E-state index contributed by atoms with van der Waals surface area (Å²) in [5.41, 5.74) is 1.50. The number of carbonyl (C=O) groups excluding carboxylic acids is 2. The molecule has 0 fully saturated rings. The zero-order valence-electron chi connectivity index (χ0n) is 11.1. The van der Waals surface area contributed by atoms with Crippen LogP contribution < -0.4 is 10.6 Å². The van der Waals surface area contributed by atoms with Crippen LogP contribution in [0.2, 0.25) is 10.0 Å². The molecular formula is C15H12Cl2N2O2. The van der Waals surface area contributed by atoms with Crippen molar-refractivity contribution in [2.45, 2.75) is 6.92 Å². The van der Waals surface area contributed by atoms with Crippen LogP contribution >= 0.6 is 23.2 Å². The van der Waals surface area contributed by atoms with Crippen molar-refractivity contribution < 1.29 is 9.59 Å². The van der Waals surface area contributed by atoms with E-state index in [9.17, 15) is 9.59 Å². The van der Waals surface area contributed by atoms with E-state index in [0.29, 0.717) is 21.3 Å². The first kappa shape index (κ1) is 15.4. The highest BCUT2D eigenvalue weighted by molar-refractivity contribution is 6.34. The number of aryl methyl sites for hydroxylation is 1. The van der Waals surface area contributed by atoms with E-state index in [1.165, 1.54) is 0 Å². The first-order chi connectivity index (χ1) is 9.97. The molecule has 21 heavy (non-hydrogen) atoms. The summed E-state index contributed by atoms with van der Waals surface area (Å²) in [5, 5.41) is 5.63. The van der Waals surface area contributed by atoms with Gasteiger partial charge in [-0.05, 0) is 42.8 Å². The van der Waals surface area contributed by atoms with E-state index in [1.807, 2.05) is 0 Å². The minimum absolute atomic E-state index is 0.283. The number of carbonyl (C=O) groups is 2. The molecule has 0 atom stereocenters. The zero-order valence-corrected chi connectivity index (χ0v) is 12.6. The Bertz CT molecular complexity index is 664. The van der Waals surface area contributed by atoms with Crippen LogP contribution in [-0.2, 0) is 0 Å². The molecule has 0 aromatic heterocycles. The summed E-state index contributed by atoms with van der Waals surface area (Å²) >= 11 is 11.7. The van der Waals surface area contributed by atoms with Crippen LogP contribution in [0.3, 0.4) is 0 Å². The van der Waals surface area contributed by atoms with Gasteiger partial charge in [0.1, 0.15) is 0 Å². The minimum Gasteiger partial charge on any atom is -0.308 e. The Labute approximate surface area is 132 Å². The normalized spacial score (nSPS) is 10.0. The molecule has 2 rings (SSSR count). The molecule has 0 aliphatic carbocycles. The van der Waals surface area contributed by atoms with Crippen molar-refractivity contribution in [3.05, 3.63) is 63.6 Å². The van der Waals surface area contributed by atoms with E-state index in [4.69, 9.17) is 23.2 Å². The molecule has 3 amide bonds. The van der Waals surface area contributed by atoms with Crippen LogP contribution in [0.25, 0.3) is 0 Å². The smallest absolute Gasteiger partial charge is 0.308 e. The zero-order chi connectivity index (χ0) is 15.4. The lowest BCUT2D eigenvalue weighted by atomic mass is 10.1. The van der Waals surface area contributed by atoms with Crippen LogP contribution in [0.5, 0.6) is 0 Å². The fraction of sp³-hybridized carbons (Fsp3) is 0.0667. The van der Waals surface area contributed by atoms with Crippen molar-refractivity contribution >= 4 is 40.8 Å². The van der Waals surface area contributed by atoms with Gasteiger partial charge in [0.25, 0.3) is 5.91 Å². The number of amides is 3. The standard InChI is InChI=1S/C15H12Cl2N2O2/c1-9-3-2-4-12(17)13(9)14(20)19-15(21)18-11-7-5-10(16)6-8-11/h2-8H,1H3,(H2,18,19,20,21). The van der Waals surface area contributed by atoms with Gasteiger partial charge in [-0.3, -0.25) is 10.1 Å². The average molecular weight is 323 g/mol. The monoisotopic (exact) mass is 322 g/mol. The number of halogens is 2. The third-order valence-electron chi connectivity index (χ3n) is 2.78. The lowest BCUT2D eigenvalue weighted by Crippen LogP contribution is -2.34. The summed E-state index contributed by atoms with van der Waals surface area (Å²) in [6.07, 6.45) is 0. The van der Waals surface area contributed by atoms with E-state index in [1.54, 1.807) is 49.4 Å². The maximum atomic E-state index is 12.1. The Balaban J connectivity index is 2.06. The maximum absolute atomic E-state index is 12.1. The number of nitrogens with one attached hydrogen (secondary N) is 2. The molecule has 0 saturated carbocycles. The summed E-state index contributed by atoms with van der Waals surface area (Å²) in [4.78, 5) is 23.8. The second-order valence-corrected chi connectivity index (χ2v) is 5.19. The SMILES string of the molecule is Cc1cccc(Cl)c1C(=O)NC(=O)Nc1ccc(Cl)cc1. The van der Waals surface area contributed by atoms with E-state index in [-0.39, 0.29) is 5.56 Å². The second kappa shape index (κ2) is 6.61. The van der Waals surface area contributed by atoms with Crippen LogP contribution in [0.1, 0.15) is 15.9 Å². The lowest BCUT2D eigenvalue weighted by Gasteiger charge is -2.09. The molecule has 0 saturated heterocycles. The number of anilines is 1. The van der Waals surface area contributed by atoms with E-state index >= 15 is 0 Å². The Morgan fingerprint density at radius 2 is 1.67 bits per heavy atom. The maximum Gasteiger partial charge on any atom is 0.326 e. The van der Waals surface area contributed by atoms with Gasteiger partial charge >= 0.3 is 6.03 Å². The van der Waals surface area contributed by atoms with Crippen LogP contribution in [-0.4, -0.2) is 11.9 Å². The molecular weight excluding hydrogens is 311 g/mol. The number of hydrogen-bond acceptors (Lipinski definition) is 2. The summed E-state index contributed by atoms with van der Waals surface area (Å²) in [7, 11) is 0. The molecule has 0 heterocycles. The summed E-state index contributed by atoms with van der Waals surface area (Å²) < 4.78 is 0. The summed E-state index contributed by atoms with van der Waals surface area (Å²) in [6.45, 7) is 1.75. The molecule has 4 nitrogen and oxygen atoms in total. The number of hydrogen-bond donors (Lipinski definition) is 2. The highest BCUT2D eigenvalue weighted by Crippen LogP contribution is 2.19. The van der Waals surface area contributed by atoms with Gasteiger partial charge in [-0.2, -0.15) is 0 Å². The van der Waals surface area contributed by atoms with Crippen LogP contribution in [0.4, 0.5) is 10.5 Å². The first-order valence-electron chi connectivity index (χ1n) is 6.10. The number of rotatable bonds is 2. The van der Waals surface area contributed by atoms with Gasteiger partial charge < -0.3 is 5.32 Å². The molecule has 0 bridgehead atoms. The fourth-order valence-electron chi connectivity index (χ4n) is 1.78. The Morgan fingerprint density at radius 1 is 1.00 bits per heavy atom. The van der Waals surface area contributed by atoms with Crippen molar-refractivity contribution in [3.8, 4) is 0 Å². The summed E-state index contributed by atoms with van der Waals surface area (Å²) in [6, 6.07) is 11.0. The summed E-state index contributed by atoms with van der Waals surface area (Å²) in [5.74, 6) is -0.551. The van der Waals surface area contributed by atoms with Gasteiger partial charge in [-0.1, -0.05) is 35.3 Å². The molecule has 108 valence electrons.